The smallest absolute Gasteiger partial charge is 0.322 e. The van der Waals surface area contributed by atoms with Crippen molar-refractivity contribution in [1.82, 2.24) is 0 Å². The number of benzene rings is 1. The first kappa shape index (κ1) is 11.6. The minimum absolute atomic E-state index is 0.0430. The van der Waals surface area contributed by atoms with Gasteiger partial charge in [0.2, 0.25) is 0 Å². The standard InChI is InChI=1S/C10H11F2NO2/c1-15-10(14)9(13)4-6-2-7(11)5-8(12)3-6/h2-3,5,9H,4,13H2,1H3/t9-/m0/s1. The van der Waals surface area contributed by atoms with Crippen LogP contribution in [-0.4, -0.2) is 19.1 Å². The van der Waals surface area contributed by atoms with Gasteiger partial charge in [0, 0.05) is 6.07 Å². The number of carbonyl (C=O) groups is 1. The van der Waals surface area contributed by atoms with E-state index in [4.69, 9.17) is 5.73 Å². The lowest BCUT2D eigenvalue weighted by molar-refractivity contribution is -0.142. The van der Waals surface area contributed by atoms with Gasteiger partial charge in [-0.05, 0) is 24.1 Å². The van der Waals surface area contributed by atoms with Crippen molar-refractivity contribution in [3.8, 4) is 0 Å². The van der Waals surface area contributed by atoms with Gasteiger partial charge in [0.05, 0.1) is 7.11 Å². The molecule has 82 valence electrons. The number of hydrogen-bond donors (Lipinski definition) is 1. The van der Waals surface area contributed by atoms with Gasteiger partial charge in [0.15, 0.2) is 0 Å². The van der Waals surface area contributed by atoms with Gasteiger partial charge in [0.1, 0.15) is 17.7 Å². The number of esters is 1. The van der Waals surface area contributed by atoms with E-state index in [1.165, 1.54) is 7.11 Å². The summed E-state index contributed by atoms with van der Waals surface area (Å²) in [7, 11) is 1.20. The van der Waals surface area contributed by atoms with Crippen molar-refractivity contribution in [2.24, 2.45) is 5.73 Å². The Morgan fingerprint density at radius 3 is 2.40 bits per heavy atom. The SMILES string of the molecule is COC(=O)[C@@H](N)Cc1cc(F)cc(F)c1. The number of rotatable bonds is 3. The Morgan fingerprint density at radius 2 is 1.93 bits per heavy atom. The maximum absolute atomic E-state index is 12.8. The monoisotopic (exact) mass is 215 g/mol. The average molecular weight is 215 g/mol. The van der Waals surface area contributed by atoms with Crippen molar-refractivity contribution in [1.29, 1.82) is 0 Å². The van der Waals surface area contributed by atoms with Crippen LogP contribution in [0.4, 0.5) is 8.78 Å². The van der Waals surface area contributed by atoms with Crippen LogP contribution in [0.5, 0.6) is 0 Å². The van der Waals surface area contributed by atoms with Gasteiger partial charge in [-0.3, -0.25) is 4.79 Å². The number of methoxy groups -OCH3 is 1. The molecule has 1 aromatic rings. The Labute approximate surface area is 85.8 Å². The lowest BCUT2D eigenvalue weighted by Gasteiger charge is -2.09. The minimum Gasteiger partial charge on any atom is -0.468 e. The summed E-state index contributed by atoms with van der Waals surface area (Å²) in [4.78, 5) is 11.0. The fraction of sp³-hybridized carbons (Fsp3) is 0.300. The van der Waals surface area contributed by atoms with Gasteiger partial charge < -0.3 is 10.5 Å². The molecule has 2 N–H and O–H groups in total. The molecule has 0 aromatic heterocycles. The molecule has 3 nitrogen and oxygen atoms in total. The number of carbonyl (C=O) groups excluding carboxylic acids is 1. The van der Waals surface area contributed by atoms with Crippen LogP contribution in [0.2, 0.25) is 0 Å². The topological polar surface area (TPSA) is 52.3 Å². The van der Waals surface area contributed by atoms with Crippen molar-refractivity contribution in [3.05, 3.63) is 35.4 Å². The Hall–Kier alpha value is -1.49. The highest BCUT2D eigenvalue weighted by Crippen LogP contribution is 2.09. The predicted octanol–water partition coefficient (Wildman–Crippen LogP) is 1.01. The molecule has 1 atom stereocenters. The quantitative estimate of drug-likeness (QED) is 0.765. The third-order valence-electron chi connectivity index (χ3n) is 1.88. The molecule has 0 unspecified atom stereocenters. The predicted molar refractivity (Wildman–Crippen MR) is 50.1 cm³/mol. The number of nitrogens with two attached hydrogens (primary N) is 1. The molecule has 0 saturated carbocycles. The van der Waals surface area contributed by atoms with Crippen molar-refractivity contribution in [3.63, 3.8) is 0 Å². The third-order valence-corrected chi connectivity index (χ3v) is 1.88. The van der Waals surface area contributed by atoms with Crippen LogP contribution in [0.3, 0.4) is 0 Å². The van der Waals surface area contributed by atoms with Gasteiger partial charge in [-0.15, -0.1) is 0 Å². The molecule has 15 heavy (non-hydrogen) atoms. The normalized spacial score (nSPS) is 12.3. The second kappa shape index (κ2) is 4.84. The summed E-state index contributed by atoms with van der Waals surface area (Å²) in [5.74, 6) is -2.00. The van der Waals surface area contributed by atoms with Crippen LogP contribution in [-0.2, 0) is 16.0 Å². The third kappa shape index (κ3) is 3.28. The van der Waals surface area contributed by atoms with Crippen LogP contribution in [0.1, 0.15) is 5.56 Å². The van der Waals surface area contributed by atoms with Gasteiger partial charge in [-0.2, -0.15) is 0 Å². The molecule has 0 spiro atoms. The zero-order valence-corrected chi connectivity index (χ0v) is 8.17. The first-order chi connectivity index (χ1) is 7.02. The van der Waals surface area contributed by atoms with Gasteiger partial charge in [-0.1, -0.05) is 0 Å². The van der Waals surface area contributed by atoms with Crippen LogP contribution in [0, 0.1) is 11.6 Å². The Balaban J connectivity index is 2.76. The van der Waals surface area contributed by atoms with Gasteiger partial charge in [0.25, 0.3) is 0 Å². The first-order valence-corrected chi connectivity index (χ1v) is 4.31. The lowest BCUT2D eigenvalue weighted by Crippen LogP contribution is -2.33. The molecule has 5 heteroatoms. The Kier molecular flexibility index (Phi) is 3.74. The molecule has 0 amide bonds. The summed E-state index contributed by atoms with van der Waals surface area (Å²) in [5.41, 5.74) is 5.76. The van der Waals surface area contributed by atoms with E-state index < -0.39 is 23.6 Å². The molecule has 0 radical (unpaired) electrons. The minimum atomic E-state index is -0.906. The molecular formula is C10H11F2NO2. The maximum atomic E-state index is 12.8. The number of halogens is 2. The van der Waals surface area contributed by atoms with Crippen LogP contribution in [0.25, 0.3) is 0 Å². The highest BCUT2D eigenvalue weighted by molar-refractivity contribution is 5.75. The van der Waals surface area contributed by atoms with Crippen molar-refractivity contribution < 1.29 is 18.3 Å². The van der Waals surface area contributed by atoms with Crippen LogP contribution >= 0.6 is 0 Å². The van der Waals surface area contributed by atoms with E-state index in [1.807, 2.05) is 0 Å². The molecular weight excluding hydrogens is 204 g/mol. The average Bonchev–Trinajstić information content (AvgIpc) is 2.14. The highest BCUT2D eigenvalue weighted by Gasteiger charge is 2.14. The van der Waals surface area contributed by atoms with Crippen LogP contribution in [0.15, 0.2) is 18.2 Å². The molecule has 1 rings (SSSR count). The molecule has 0 saturated heterocycles. The van der Waals surface area contributed by atoms with Crippen LogP contribution < -0.4 is 5.73 Å². The van der Waals surface area contributed by atoms with E-state index in [0.29, 0.717) is 5.56 Å². The van der Waals surface area contributed by atoms with E-state index in [1.54, 1.807) is 0 Å². The molecule has 1 aromatic carbocycles. The first-order valence-electron chi connectivity index (χ1n) is 4.31. The van der Waals surface area contributed by atoms with Crippen molar-refractivity contribution in [2.75, 3.05) is 7.11 Å². The second-order valence-electron chi connectivity index (χ2n) is 3.11. The second-order valence-corrected chi connectivity index (χ2v) is 3.11. The highest BCUT2D eigenvalue weighted by atomic mass is 19.1. The van der Waals surface area contributed by atoms with E-state index in [9.17, 15) is 13.6 Å². The summed E-state index contributed by atoms with van der Waals surface area (Å²) in [6.07, 6.45) is 0.0430. The largest absolute Gasteiger partial charge is 0.468 e. The summed E-state index contributed by atoms with van der Waals surface area (Å²) < 4.78 is 29.9. The van der Waals surface area contributed by atoms with Gasteiger partial charge >= 0.3 is 5.97 Å². The number of ether oxygens (including phenoxy) is 1. The fourth-order valence-corrected chi connectivity index (χ4v) is 1.22. The number of hydrogen-bond acceptors (Lipinski definition) is 3. The van der Waals surface area contributed by atoms with E-state index in [0.717, 1.165) is 18.2 Å². The maximum Gasteiger partial charge on any atom is 0.322 e. The molecule has 0 aliphatic rings. The summed E-state index contributed by atoms with van der Waals surface area (Å²) in [6, 6.07) is 2.11. The zero-order chi connectivity index (χ0) is 11.4. The molecule has 0 bridgehead atoms. The summed E-state index contributed by atoms with van der Waals surface area (Å²) >= 11 is 0. The molecule has 0 aliphatic carbocycles. The summed E-state index contributed by atoms with van der Waals surface area (Å²) in [6.45, 7) is 0. The molecule has 0 aliphatic heterocycles. The Morgan fingerprint density at radius 1 is 1.40 bits per heavy atom. The van der Waals surface area contributed by atoms with Crippen molar-refractivity contribution in [2.45, 2.75) is 12.5 Å². The van der Waals surface area contributed by atoms with E-state index >= 15 is 0 Å². The summed E-state index contributed by atoms with van der Waals surface area (Å²) in [5, 5.41) is 0. The Bertz CT molecular complexity index is 348. The van der Waals surface area contributed by atoms with E-state index in [-0.39, 0.29) is 6.42 Å². The fourth-order valence-electron chi connectivity index (χ4n) is 1.22. The lowest BCUT2D eigenvalue weighted by atomic mass is 10.1. The molecule has 0 heterocycles. The van der Waals surface area contributed by atoms with Gasteiger partial charge in [-0.25, -0.2) is 8.78 Å². The van der Waals surface area contributed by atoms with E-state index in [2.05, 4.69) is 4.74 Å². The zero-order valence-electron chi connectivity index (χ0n) is 8.17. The van der Waals surface area contributed by atoms with Crippen molar-refractivity contribution >= 4 is 5.97 Å². The molecule has 0 fully saturated rings.